The average molecular weight is 262 g/mol. The smallest absolute Gasteiger partial charge is 0.259 e. The summed E-state index contributed by atoms with van der Waals surface area (Å²) in [6.45, 7) is 0. The molecule has 0 bridgehead atoms. The second-order valence-electron chi connectivity index (χ2n) is 3.70. The van der Waals surface area contributed by atoms with Gasteiger partial charge in [0.15, 0.2) is 11.6 Å². The monoisotopic (exact) mass is 262 g/mol. The Hall–Kier alpha value is -2.75. The van der Waals surface area contributed by atoms with Crippen LogP contribution >= 0.6 is 0 Å². The molecule has 96 valence electrons. The number of anilines is 1. The quantitative estimate of drug-likeness (QED) is 0.897. The molecule has 19 heavy (non-hydrogen) atoms. The van der Waals surface area contributed by atoms with Crippen molar-refractivity contribution in [2.45, 2.75) is 0 Å². The predicted molar refractivity (Wildman–Crippen MR) is 62.2 cm³/mol. The summed E-state index contributed by atoms with van der Waals surface area (Å²) in [4.78, 5) is 11.8. The fraction of sp³-hybridized carbons (Fsp3) is 0.0833. The lowest BCUT2D eigenvalue weighted by atomic mass is 10.2. The molecule has 0 fully saturated rings. The van der Waals surface area contributed by atoms with Gasteiger partial charge in [0.25, 0.3) is 5.91 Å². The second-order valence-corrected chi connectivity index (χ2v) is 3.70. The molecule has 0 aliphatic heterocycles. The molecular formula is C12H8F2N4O. The van der Waals surface area contributed by atoms with E-state index in [0.29, 0.717) is 0 Å². The van der Waals surface area contributed by atoms with E-state index < -0.39 is 23.1 Å². The molecule has 2 rings (SSSR count). The lowest BCUT2D eigenvalue weighted by molar-refractivity contribution is 0.102. The van der Waals surface area contributed by atoms with Crippen molar-refractivity contribution >= 4 is 11.7 Å². The Kier molecular flexibility index (Phi) is 3.25. The molecule has 2 aromatic rings. The van der Waals surface area contributed by atoms with Gasteiger partial charge in [-0.15, -0.1) is 0 Å². The van der Waals surface area contributed by atoms with Crippen molar-refractivity contribution in [3.05, 3.63) is 47.2 Å². The van der Waals surface area contributed by atoms with Gasteiger partial charge in [0.2, 0.25) is 0 Å². The first-order valence-electron chi connectivity index (χ1n) is 5.22. The molecule has 1 heterocycles. The van der Waals surface area contributed by atoms with E-state index >= 15 is 0 Å². The standard InChI is InChI=1S/C12H8F2N4O/c1-18-11(7(5-15)6-16-18)17-12(19)8-3-2-4-9(13)10(8)14/h2-4,6H,1H3,(H,17,19). The number of nitrogens with zero attached hydrogens (tertiary/aromatic N) is 3. The first kappa shape index (κ1) is 12.7. The van der Waals surface area contributed by atoms with Crippen molar-refractivity contribution in [2.75, 3.05) is 5.32 Å². The Bertz CT molecular complexity index is 688. The molecule has 0 saturated carbocycles. The van der Waals surface area contributed by atoms with Crippen LogP contribution in [-0.4, -0.2) is 15.7 Å². The molecule has 7 heteroatoms. The number of hydrogen-bond donors (Lipinski definition) is 1. The van der Waals surface area contributed by atoms with E-state index in [4.69, 9.17) is 5.26 Å². The van der Waals surface area contributed by atoms with Crippen molar-refractivity contribution in [1.29, 1.82) is 5.26 Å². The molecule has 0 saturated heterocycles. The highest BCUT2D eigenvalue weighted by molar-refractivity contribution is 6.04. The van der Waals surface area contributed by atoms with Crippen LogP contribution in [0.3, 0.4) is 0 Å². The third-order valence-corrected chi connectivity index (χ3v) is 2.49. The molecule has 5 nitrogen and oxygen atoms in total. The molecule has 1 aromatic carbocycles. The number of benzene rings is 1. The van der Waals surface area contributed by atoms with Crippen LogP contribution < -0.4 is 5.32 Å². The van der Waals surface area contributed by atoms with Gasteiger partial charge in [-0.05, 0) is 12.1 Å². The Morgan fingerprint density at radius 2 is 2.21 bits per heavy atom. The van der Waals surface area contributed by atoms with Crippen molar-refractivity contribution in [3.63, 3.8) is 0 Å². The lowest BCUT2D eigenvalue weighted by Gasteiger charge is -2.07. The minimum atomic E-state index is -1.24. The van der Waals surface area contributed by atoms with Crippen molar-refractivity contribution < 1.29 is 13.6 Å². The normalized spacial score (nSPS) is 10.0. The molecule has 1 N–H and O–H groups in total. The maximum atomic E-state index is 13.4. The number of halogens is 2. The molecule has 1 amide bonds. The topological polar surface area (TPSA) is 70.7 Å². The maximum Gasteiger partial charge on any atom is 0.259 e. The van der Waals surface area contributed by atoms with Crippen molar-refractivity contribution in [1.82, 2.24) is 9.78 Å². The van der Waals surface area contributed by atoms with Crippen LogP contribution in [0.2, 0.25) is 0 Å². The highest BCUT2D eigenvalue weighted by atomic mass is 19.2. The fourth-order valence-electron chi connectivity index (χ4n) is 1.52. The number of carbonyl (C=O) groups is 1. The Morgan fingerprint density at radius 3 is 2.89 bits per heavy atom. The van der Waals surface area contributed by atoms with Gasteiger partial charge in [0.1, 0.15) is 17.5 Å². The number of nitriles is 1. The molecule has 0 spiro atoms. The van der Waals surface area contributed by atoms with Crippen LogP contribution in [0.25, 0.3) is 0 Å². The third-order valence-electron chi connectivity index (χ3n) is 2.49. The van der Waals surface area contributed by atoms with Crippen LogP contribution in [0.15, 0.2) is 24.4 Å². The summed E-state index contributed by atoms with van der Waals surface area (Å²) >= 11 is 0. The number of rotatable bonds is 2. The van der Waals surface area contributed by atoms with E-state index in [1.54, 1.807) is 0 Å². The number of aromatic nitrogens is 2. The molecule has 1 aromatic heterocycles. The minimum absolute atomic E-state index is 0.121. The first-order chi connectivity index (χ1) is 9.04. The van der Waals surface area contributed by atoms with Gasteiger partial charge in [-0.1, -0.05) is 6.07 Å². The zero-order valence-electron chi connectivity index (χ0n) is 9.82. The van der Waals surface area contributed by atoms with Gasteiger partial charge >= 0.3 is 0 Å². The van der Waals surface area contributed by atoms with E-state index in [2.05, 4.69) is 10.4 Å². The number of amides is 1. The third kappa shape index (κ3) is 2.28. The van der Waals surface area contributed by atoms with Crippen LogP contribution in [0.4, 0.5) is 14.6 Å². The second kappa shape index (κ2) is 4.86. The van der Waals surface area contributed by atoms with Gasteiger partial charge in [0, 0.05) is 7.05 Å². The zero-order valence-corrected chi connectivity index (χ0v) is 9.82. The molecule has 0 aliphatic carbocycles. The predicted octanol–water partition coefficient (Wildman–Crippen LogP) is 1.82. The summed E-state index contributed by atoms with van der Waals surface area (Å²) in [6.07, 6.45) is 1.26. The number of hydrogen-bond acceptors (Lipinski definition) is 3. The SMILES string of the molecule is Cn1ncc(C#N)c1NC(=O)c1cccc(F)c1F. The summed E-state index contributed by atoms with van der Waals surface area (Å²) in [6, 6.07) is 5.12. The minimum Gasteiger partial charge on any atom is -0.306 e. The number of carbonyl (C=O) groups excluding carboxylic acids is 1. The number of nitrogens with one attached hydrogen (secondary N) is 1. The summed E-state index contributed by atoms with van der Waals surface area (Å²) in [5.41, 5.74) is -0.308. The highest BCUT2D eigenvalue weighted by Gasteiger charge is 2.18. The fourth-order valence-corrected chi connectivity index (χ4v) is 1.52. The van der Waals surface area contributed by atoms with Gasteiger partial charge in [-0.25, -0.2) is 8.78 Å². The molecule has 0 atom stereocenters. The lowest BCUT2D eigenvalue weighted by Crippen LogP contribution is -2.17. The highest BCUT2D eigenvalue weighted by Crippen LogP contribution is 2.16. The van der Waals surface area contributed by atoms with Crippen molar-refractivity contribution in [3.8, 4) is 6.07 Å². The van der Waals surface area contributed by atoms with Crippen LogP contribution in [0.5, 0.6) is 0 Å². The summed E-state index contributed by atoms with van der Waals surface area (Å²) in [5, 5.41) is 14.9. The van der Waals surface area contributed by atoms with Gasteiger partial charge in [0.05, 0.1) is 11.8 Å². The van der Waals surface area contributed by atoms with Crippen LogP contribution in [0.1, 0.15) is 15.9 Å². The molecular weight excluding hydrogens is 254 g/mol. The van der Waals surface area contributed by atoms with E-state index in [-0.39, 0.29) is 11.4 Å². The van der Waals surface area contributed by atoms with Gasteiger partial charge in [-0.3, -0.25) is 9.48 Å². The molecule has 0 unspecified atom stereocenters. The van der Waals surface area contributed by atoms with Gasteiger partial charge in [-0.2, -0.15) is 10.4 Å². The maximum absolute atomic E-state index is 13.4. The average Bonchev–Trinajstić information content (AvgIpc) is 2.74. The summed E-state index contributed by atoms with van der Waals surface area (Å²) in [5.74, 6) is -3.08. The zero-order chi connectivity index (χ0) is 14.0. The van der Waals surface area contributed by atoms with E-state index in [1.165, 1.54) is 24.0 Å². The molecule has 0 aliphatic rings. The van der Waals surface area contributed by atoms with Crippen LogP contribution in [-0.2, 0) is 7.05 Å². The Morgan fingerprint density at radius 1 is 1.47 bits per heavy atom. The van der Waals surface area contributed by atoms with Crippen molar-refractivity contribution in [2.24, 2.45) is 7.05 Å². The van der Waals surface area contributed by atoms with E-state index in [9.17, 15) is 13.6 Å². The van der Waals surface area contributed by atoms with Crippen LogP contribution in [0, 0.1) is 23.0 Å². The van der Waals surface area contributed by atoms with E-state index in [1.807, 2.05) is 6.07 Å². The first-order valence-corrected chi connectivity index (χ1v) is 5.22. The largest absolute Gasteiger partial charge is 0.306 e. The summed E-state index contributed by atoms with van der Waals surface area (Å²) < 4.78 is 27.7. The summed E-state index contributed by atoms with van der Waals surface area (Å²) in [7, 11) is 1.51. The Labute approximate surface area is 107 Å². The van der Waals surface area contributed by atoms with Gasteiger partial charge < -0.3 is 5.32 Å². The Balaban J connectivity index is 2.34. The number of aryl methyl sites for hydroxylation is 1. The molecule has 0 radical (unpaired) electrons. The van der Waals surface area contributed by atoms with E-state index in [0.717, 1.165) is 12.1 Å².